The lowest BCUT2D eigenvalue weighted by molar-refractivity contribution is -0.137. The number of amides is 3. The lowest BCUT2D eigenvalue weighted by Gasteiger charge is -2.43. The smallest absolute Gasteiger partial charge is 0.254 e. The van der Waals surface area contributed by atoms with Gasteiger partial charge in [0.05, 0.1) is 6.67 Å². The molecule has 0 unspecified atom stereocenters. The summed E-state index contributed by atoms with van der Waals surface area (Å²) in [6.07, 6.45) is 2.99. The molecule has 2 aliphatic heterocycles. The Hall–Kier alpha value is -3.35. The highest BCUT2D eigenvalue weighted by molar-refractivity contribution is 5.98. The number of aryl methyl sites for hydroxylation is 1. The highest BCUT2D eigenvalue weighted by atomic mass is 16.2. The molecule has 3 amide bonds. The zero-order valence-electron chi connectivity index (χ0n) is 20.1. The van der Waals surface area contributed by atoms with E-state index in [2.05, 4.69) is 17.1 Å². The van der Waals surface area contributed by atoms with Crippen LogP contribution in [-0.2, 0) is 9.59 Å². The molecular formula is C27H34N4O3. The van der Waals surface area contributed by atoms with Gasteiger partial charge >= 0.3 is 0 Å². The van der Waals surface area contributed by atoms with Crippen molar-refractivity contribution < 1.29 is 14.4 Å². The van der Waals surface area contributed by atoms with Crippen LogP contribution in [0.1, 0.15) is 48.5 Å². The number of carbonyl (C=O) groups is 3. The number of likely N-dealkylation sites (tertiary alicyclic amines) is 1. The molecule has 0 saturated carbocycles. The molecule has 7 nitrogen and oxygen atoms in total. The monoisotopic (exact) mass is 462 g/mol. The van der Waals surface area contributed by atoms with E-state index in [4.69, 9.17) is 0 Å². The average molecular weight is 463 g/mol. The number of hydrogen-bond acceptors (Lipinski definition) is 4. The van der Waals surface area contributed by atoms with Crippen LogP contribution in [0.3, 0.4) is 0 Å². The number of nitrogens with zero attached hydrogens (tertiary/aromatic N) is 3. The summed E-state index contributed by atoms with van der Waals surface area (Å²) in [5, 5.41) is 2.92. The molecule has 0 radical (unpaired) electrons. The summed E-state index contributed by atoms with van der Waals surface area (Å²) >= 11 is 0. The Morgan fingerprint density at radius 1 is 1.00 bits per heavy atom. The Balaban J connectivity index is 1.52. The van der Waals surface area contributed by atoms with E-state index in [1.165, 1.54) is 0 Å². The van der Waals surface area contributed by atoms with Crippen LogP contribution in [0.15, 0.2) is 54.6 Å². The van der Waals surface area contributed by atoms with Gasteiger partial charge in [-0.3, -0.25) is 14.4 Å². The Bertz CT molecular complexity index is 1030. The Morgan fingerprint density at radius 2 is 1.68 bits per heavy atom. The molecule has 1 spiro atoms. The van der Waals surface area contributed by atoms with Gasteiger partial charge in [-0.2, -0.15) is 0 Å². The Morgan fingerprint density at radius 3 is 2.35 bits per heavy atom. The lowest BCUT2D eigenvalue weighted by Crippen LogP contribution is -2.57. The summed E-state index contributed by atoms with van der Waals surface area (Å²) in [6.45, 7) is 6.07. The number of nitrogens with one attached hydrogen (secondary N) is 1. The van der Waals surface area contributed by atoms with Gasteiger partial charge in [-0.05, 0) is 49.9 Å². The average Bonchev–Trinajstić information content (AvgIpc) is 3.11. The third kappa shape index (κ3) is 4.65. The van der Waals surface area contributed by atoms with Crippen molar-refractivity contribution in [1.82, 2.24) is 15.1 Å². The molecule has 0 atom stereocenters. The van der Waals surface area contributed by atoms with E-state index in [0.29, 0.717) is 44.7 Å². The number of anilines is 1. The molecule has 4 rings (SSSR count). The topological polar surface area (TPSA) is 73.0 Å². The van der Waals surface area contributed by atoms with Crippen LogP contribution < -0.4 is 10.2 Å². The van der Waals surface area contributed by atoms with Crippen LogP contribution in [0.4, 0.5) is 5.69 Å². The number of hydrogen-bond donors (Lipinski definition) is 1. The lowest BCUT2D eigenvalue weighted by atomic mass is 9.85. The minimum Gasteiger partial charge on any atom is -0.355 e. The molecule has 2 heterocycles. The zero-order valence-corrected chi connectivity index (χ0v) is 20.1. The second-order valence-corrected chi connectivity index (χ2v) is 9.25. The fourth-order valence-corrected chi connectivity index (χ4v) is 5.02. The first-order chi connectivity index (χ1) is 16.5. The quantitative estimate of drug-likeness (QED) is 0.642. The van der Waals surface area contributed by atoms with Crippen molar-refractivity contribution in [2.75, 3.05) is 37.7 Å². The molecule has 2 saturated heterocycles. The molecule has 0 aromatic heterocycles. The van der Waals surface area contributed by atoms with E-state index < -0.39 is 5.54 Å². The first-order valence-corrected chi connectivity index (χ1v) is 12.2. The molecule has 2 fully saturated rings. The number of benzene rings is 2. The summed E-state index contributed by atoms with van der Waals surface area (Å²) < 4.78 is 0. The van der Waals surface area contributed by atoms with Crippen molar-refractivity contribution >= 4 is 23.4 Å². The van der Waals surface area contributed by atoms with E-state index in [1.54, 1.807) is 4.90 Å². The van der Waals surface area contributed by atoms with Crippen LogP contribution in [0.2, 0.25) is 0 Å². The predicted octanol–water partition coefficient (Wildman–Crippen LogP) is 3.19. The SMILES string of the molecule is CCCCNC(=O)CN1CN(c2ccccc2)C2(CCN(C(=O)c3ccccc3C)CC2)C1=O. The standard InChI is InChI=1S/C27H34N4O3/c1-3-4-16-28-24(32)19-30-20-31(22-11-6-5-7-12-22)27(26(30)34)14-17-29(18-15-27)25(33)23-13-9-8-10-21(23)2/h5-13H,3-4,14-20H2,1-2H3,(H,28,32). The van der Waals surface area contributed by atoms with Crippen LogP contribution in [0.5, 0.6) is 0 Å². The maximum atomic E-state index is 13.7. The van der Waals surface area contributed by atoms with Gasteiger partial charge in [0.1, 0.15) is 12.1 Å². The van der Waals surface area contributed by atoms with Crippen LogP contribution >= 0.6 is 0 Å². The largest absolute Gasteiger partial charge is 0.355 e. The maximum absolute atomic E-state index is 13.7. The van der Waals surface area contributed by atoms with Gasteiger partial charge in [0, 0.05) is 30.9 Å². The summed E-state index contributed by atoms with van der Waals surface area (Å²) in [5.41, 5.74) is 1.88. The van der Waals surface area contributed by atoms with Crippen LogP contribution in [0, 0.1) is 6.92 Å². The second-order valence-electron chi connectivity index (χ2n) is 9.25. The molecule has 180 valence electrons. The minimum absolute atomic E-state index is 0.0109. The van der Waals surface area contributed by atoms with Gasteiger partial charge in [-0.25, -0.2) is 0 Å². The van der Waals surface area contributed by atoms with Gasteiger partial charge < -0.3 is 20.0 Å². The van der Waals surface area contributed by atoms with E-state index in [9.17, 15) is 14.4 Å². The Labute approximate surface area is 201 Å². The first-order valence-electron chi connectivity index (χ1n) is 12.2. The van der Waals surface area contributed by atoms with Crippen LogP contribution in [-0.4, -0.2) is 65.9 Å². The second kappa shape index (κ2) is 10.3. The predicted molar refractivity (Wildman–Crippen MR) is 132 cm³/mol. The molecular weight excluding hydrogens is 428 g/mol. The fraction of sp³-hybridized carbons (Fsp3) is 0.444. The van der Waals surface area contributed by atoms with Gasteiger partial charge in [0.25, 0.3) is 11.8 Å². The van der Waals surface area contributed by atoms with Crippen molar-refractivity contribution in [3.8, 4) is 0 Å². The van der Waals surface area contributed by atoms with Crippen molar-refractivity contribution in [2.24, 2.45) is 0 Å². The highest BCUT2D eigenvalue weighted by Gasteiger charge is 2.54. The van der Waals surface area contributed by atoms with E-state index >= 15 is 0 Å². The summed E-state index contributed by atoms with van der Waals surface area (Å²) in [5.74, 6) is -0.138. The highest BCUT2D eigenvalue weighted by Crippen LogP contribution is 2.39. The molecule has 7 heteroatoms. The van der Waals surface area contributed by atoms with Gasteiger partial charge in [-0.15, -0.1) is 0 Å². The third-order valence-electron chi connectivity index (χ3n) is 7.02. The number of unbranched alkanes of at least 4 members (excludes halogenated alkanes) is 1. The van der Waals surface area contributed by atoms with E-state index in [1.807, 2.05) is 66.4 Å². The van der Waals surface area contributed by atoms with Gasteiger partial charge in [0.2, 0.25) is 5.91 Å². The third-order valence-corrected chi connectivity index (χ3v) is 7.02. The molecule has 2 aromatic carbocycles. The first kappa shape index (κ1) is 23.8. The molecule has 2 aromatic rings. The van der Waals surface area contributed by atoms with Crippen molar-refractivity contribution in [3.63, 3.8) is 0 Å². The van der Waals surface area contributed by atoms with E-state index in [-0.39, 0.29) is 24.3 Å². The fourth-order valence-electron chi connectivity index (χ4n) is 5.02. The number of piperidine rings is 1. The molecule has 2 aliphatic rings. The number of carbonyl (C=O) groups excluding carboxylic acids is 3. The maximum Gasteiger partial charge on any atom is 0.254 e. The molecule has 0 aliphatic carbocycles. The van der Waals surface area contributed by atoms with Crippen molar-refractivity contribution in [2.45, 2.75) is 45.1 Å². The van der Waals surface area contributed by atoms with Gasteiger partial charge in [-0.1, -0.05) is 49.7 Å². The molecule has 34 heavy (non-hydrogen) atoms. The molecule has 0 bridgehead atoms. The summed E-state index contributed by atoms with van der Waals surface area (Å²) in [6, 6.07) is 17.5. The Kier molecular flexibility index (Phi) is 7.20. The van der Waals surface area contributed by atoms with Crippen LogP contribution in [0.25, 0.3) is 0 Å². The number of rotatable bonds is 7. The van der Waals surface area contributed by atoms with Crippen molar-refractivity contribution in [3.05, 3.63) is 65.7 Å². The summed E-state index contributed by atoms with van der Waals surface area (Å²) in [7, 11) is 0. The van der Waals surface area contributed by atoms with Crippen molar-refractivity contribution in [1.29, 1.82) is 0 Å². The van der Waals surface area contributed by atoms with E-state index in [0.717, 1.165) is 24.1 Å². The summed E-state index contributed by atoms with van der Waals surface area (Å²) in [4.78, 5) is 45.0. The minimum atomic E-state index is -0.742. The normalized spacial score (nSPS) is 17.4. The number of para-hydroxylation sites is 1. The molecule has 1 N–H and O–H groups in total. The van der Waals surface area contributed by atoms with Gasteiger partial charge in [0.15, 0.2) is 0 Å². The zero-order chi connectivity index (χ0) is 24.1.